The molecule has 32 heavy (non-hydrogen) atoms. The lowest BCUT2D eigenvalue weighted by Crippen LogP contribution is -2.18. The summed E-state index contributed by atoms with van der Waals surface area (Å²) in [6, 6.07) is 15.0. The largest absolute Gasteiger partial charge is 0.463 e. The van der Waals surface area contributed by atoms with Crippen LogP contribution in [0.15, 0.2) is 71.5 Å². The van der Waals surface area contributed by atoms with Gasteiger partial charge in [0.2, 0.25) is 5.88 Å². The zero-order valence-electron chi connectivity index (χ0n) is 17.5. The lowest BCUT2D eigenvalue weighted by Gasteiger charge is -2.14. The number of furan rings is 1. The first-order valence-corrected chi connectivity index (χ1v) is 9.90. The summed E-state index contributed by atoms with van der Waals surface area (Å²) in [7, 11) is 0. The fraction of sp³-hybridized carbons (Fsp3) is 0.130. The molecule has 2 amide bonds. The van der Waals surface area contributed by atoms with Crippen molar-refractivity contribution in [3.8, 4) is 23.1 Å². The molecule has 0 fully saturated rings. The summed E-state index contributed by atoms with van der Waals surface area (Å²) in [5, 5.41) is 7.39. The third-order valence-corrected chi connectivity index (χ3v) is 4.62. The predicted octanol–water partition coefficient (Wildman–Crippen LogP) is 4.26. The molecular formula is C23H21N5O4. The van der Waals surface area contributed by atoms with E-state index < -0.39 is 11.8 Å². The van der Waals surface area contributed by atoms with Crippen LogP contribution in [0, 0.1) is 0 Å². The Labute approximate surface area is 183 Å². The first-order valence-electron chi connectivity index (χ1n) is 9.90. The second-order valence-corrected chi connectivity index (χ2v) is 7.20. The van der Waals surface area contributed by atoms with Crippen LogP contribution in [0.5, 0.6) is 11.6 Å². The van der Waals surface area contributed by atoms with E-state index in [9.17, 15) is 9.59 Å². The quantitative estimate of drug-likeness (QED) is 0.450. The Morgan fingerprint density at radius 3 is 2.59 bits per heavy atom. The van der Waals surface area contributed by atoms with Crippen LogP contribution in [0.3, 0.4) is 0 Å². The van der Waals surface area contributed by atoms with Crippen LogP contribution in [-0.4, -0.2) is 26.6 Å². The van der Waals surface area contributed by atoms with E-state index >= 15 is 0 Å². The molecule has 9 heteroatoms. The van der Waals surface area contributed by atoms with Crippen LogP contribution < -0.4 is 15.8 Å². The molecule has 3 N–H and O–H groups in total. The van der Waals surface area contributed by atoms with Gasteiger partial charge in [-0.2, -0.15) is 5.10 Å². The van der Waals surface area contributed by atoms with E-state index in [2.05, 4.69) is 15.4 Å². The highest BCUT2D eigenvalue weighted by Crippen LogP contribution is 2.28. The Hall–Kier alpha value is -4.40. The molecule has 4 aromatic rings. The van der Waals surface area contributed by atoms with Crippen molar-refractivity contribution in [1.29, 1.82) is 0 Å². The number of carbonyl (C=O) groups is 2. The first-order chi connectivity index (χ1) is 15.4. The summed E-state index contributed by atoms with van der Waals surface area (Å²) in [5.41, 5.74) is 6.38. The molecule has 0 bridgehead atoms. The van der Waals surface area contributed by atoms with Crippen molar-refractivity contribution in [2.75, 3.05) is 5.32 Å². The average Bonchev–Trinajstić information content (AvgIpc) is 3.44. The molecule has 9 nitrogen and oxygen atoms in total. The van der Waals surface area contributed by atoms with Gasteiger partial charge in [0.25, 0.3) is 11.8 Å². The predicted molar refractivity (Wildman–Crippen MR) is 118 cm³/mol. The summed E-state index contributed by atoms with van der Waals surface area (Å²) in [5.74, 6) is 0.240. The van der Waals surface area contributed by atoms with Crippen molar-refractivity contribution in [3.05, 3.63) is 78.2 Å². The smallest absolute Gasteiger partial charge is 0.262 e. The highest BCUT2D eigenvalue weighted by molar-refractivity contribution is 6.05. The van der Waals surface area contributed by atoms with Crippen LogP contribution in [0.25, 0.3) is 11.5 Å². The molecule has 0 radical (unpaired) electrons. The molecule has 0 saturated carbocycles. The zero-order chi connectivity index (χ0) is 22.7. The molecule has 0 aliphatic carbocycles. The number of nitrogens with zero attached hydrogens (tertiary/aromatic N) is 3. The molecule has 3 aromatic heterocycles. The lowest BCUT2D eigenvalue weighted by atomic mass is 10.2. The van der Waals surface area contributed by atoms with Gasteiger partial charge in [-0.25, -0.2) is 9.67 Å². The Balaban J connectivity index is 1.64. The number of hydrogen-bond acceptors (Lipinski definition) is 6. The van der Waals surface area contributed by atoms with Gasteiger partial charge in [0, 0.05) is 18.3 Å². The van der Waals surface area contributed by atoms with Crippen LogP contribution in [0.2, 0.25) is 0 Å². The van der Waals surface area contributed by atoms with Crippen LogP contribution in [-0.2, 0) is 0 Å². The number of anilines is 1. The minimum Gasteiger partial charge on any atom is -0.463 e. The number of pyridine rings is 1. The number of aromatic nitrogens is 3. The molecule has 1 aromatic carbocycles. The van der Waals surface area contributed by atoms with Crippen LogP contribution >= 0.6 is 0 Å². The molecule has 0 aliphatic heterocycles. The highest BCUT2D eigenvalue weighted by atomic mass is 16.5. The maximum Gasteiger partial charge on any atom is 0.262 e. The number of rotatable bonds is 7. The van der Waals surface area contributed by atoms with Gasteiger partial charge < -0.3 is 20.2 Å². The standard InChI is InChI=1S/C23H21N5O4/c1-14(2)28-20(13-17(27-28)19-10-6-12-31-19)26-22(30)16-8-5-11-25-23(16)32-18-9-4-3-7-15(18)21(24)29/h3-14H,1-2H3,(H2,24,29)(H,26,30). The monoisotopic (exact) mass is 431 g/mol. The average molecular weight is 431 g/mol. The van der Waals surface area contributed by atoms with Crippen molar-refractivity contribution in [2.45, 2.75) is 19.9 Å². The third-order valence-electron chi connectivity index (χ3n) is 4.62. The molecule has 0 unspecified atom stereocenters. The van der Waals surface area contributed by atoms with Gasteiger partial charge in [-0.1, -0.05) is 12.1 Å². The van der Waals surface area contributed by atoms with Gasteiger partial charge in [-0.05, 0) is 50.2 Å². The van der Waals surface area contributed by atoms with Gasteiger partial charge in [0.1, 0.15) is 22.8 Å². The molecule has 0 aliphatic rings. The number of nitrogens with one attached hydrogen (secondary N) is 1. The van der Waals surface area contributed by atoms with Crippen molar-refractivity contribution < 1.29 is 18.7 Å². The second-order valence-electron chi connectivity index (χ2n) is 7.20. The Morgan fingerprint density at radius 1 is 1.09 bits per heavy atom. The lowest BCUT2D eigenvalue weighted by molar-refractivity contribution is 0.0997. The fourth-order valence-electron chi connectivity index (χ4n) is 3.12. The Kier molecular flexibility index (Phi) is 5.71. The van der Waals surface area contributed by atoms with Crippen LogP contribution in [0.1, 0.15) is 40.6 Å². The molecule has 4 rings (SSSR count). The van der Waals surface area contributed by atoms with E-state index in [-0.39, 0.29) is 28.8 Å². The van der Waals surface area contributed by atoms with E-state index in [0.29, 0.717) is 17.3 Å². The van der Waals surface area contributed by atoms with Gasteiger partial charge in [-0.3, -0.25) is 9.59 Å². The van der Waals surface area contributed by atoms with Gasteiger partial charge in [0.15, 0.2) is 5.76 Å². The normalized spacial score (nSPS) is 10.8. The number of hydrogen-bond donors (Lipinski definition) is 2. The topological polar surface area (TPSA) is 125 Å². The van der Waals surface area contributed by atoms with E-state index in [1.54, 1.807) is 59.5 Å². The number of para-hydroxylation sites is 1. The third kappa shape index (κ3) is 4.22. The van der Waals surface area contributed by atoms with Crippen molar-refractivity contribution in [1.82, 2.24) is 14.8 Å². The number of ether oxygens (including phenoxy) is 1. The fourth-order valence-corrected chi connectivity index (χ4v) is 3.12. The number of benzene rings is 1. The van der Waals surface area contributed by atoms with Gasteiger partial charge in [-0.15, -0.1) is 0 Å². The van der Waals surface area contributed by atoms with Crippen molar-refractivity contribution >= 4 is 17.6 Å². The zero-order valence-corrected chi connectivity index (χ0v) is 17.5. The number of primary amides is 1. The van der Waals surface area contributed by atoms with E-state index in [0.717, 1.165) is 0 Å². The summed E-state index contributed by atoms with van der Waals surface area (Å²) in [6.07, 6.45) is 3.05. The second kappa shape index (κ2) is 8.76. The Morgan fingerprint density at radius 2 is 1.88 bits per heavy atom. The summed E-state index contributed by atoms with van der Waals surface area (Å²) >= 11 is 0. The van der Waals surface area contributed by atoms with Crippen LogP contribution in [0.4, 0.5) is 5.82 Å². The number of amides is 2. The Bertz CT molecular complexity index is 1260. The van der Waals surface area contributed by atoms with Gasteiger partial charge >= 0.3 is 0 Å². The first kappa shape index (κ1) is 20.9. The van der Waals surface area contributed by atoms with Crippen molar-refractivity contribution in [3.63, 3.8) is 0 Å². The molecule has 0 spiro atoms. The summed E-state index contributed by atoms with van der Waals surface area (Å²) in [6.45, 7) is 3.90. The summed E-state index contributed by atoms with van der Waals surface area (Å²) < 4.78 is 12.9. The maximum atomic E-state index is 13.1. The van der Waals surface area contributed by atoms with E-state index in [1.165, 1.54) is 12.3 Å². The molecule has 3 heterocycles. The SMILES string of the molecule is CC(C)n1nc(-c2ccco2)cc1NC(=O)c1cccnc1Oc1ccccc1C(N)=O. The summed E-state index contributed by atoms with van der Waals surface area (Å²) in [4.78, 5) is 29.0. The minimum absolute atomic E-state index is 0.0129. The van der Waals surface area contributed by atoms with Gasteiger partial charge in [0.05, 0.1) is 11.8 Å². The number of nitrogens with two attached hydrogens (primary N) is 1. The maximum absolute atomic E-state index is 13.1. The molecule has 162 valence electrons. The molecule has 0 atom stereocenters. The van der Waals surface area contributed by atoms with Crippen molar-refractivity contribution in [2.24, 2.45) is 5.73 Å². The van der Waals surface area contributed by atoms with E-state index in [4.69, 9.17) is 14.9 Å². The van der Waals surface area contributed by atoms with E-state index in [1.807, 2.05) is 13.8 Å². The highest BCUT2D eigenvalue weighted by Gasteiger charge is 2.20. The minimum atomic E-state index is -0.645. The molecular weight excluding hydrogens is 410 g/mol. The molecule has 0 saturated heterocycles. The number of carbonyl (C=O) groups excluding carboxylic acids is 2.